The van der Waals surface area contributed by atoms with Crippen LogP contribution in [-0.2, 0) is 15.8 Å². The van der Waals surface area contributed by atoms with Gasteiger partial charge in [-0.05, 0) is 48.9 Å². The van der Waals surface area contributed by atoms with Crippen LogP contribution in [0.3, 0.4) is 0 Å². The van der Waals surface area contributed by atoms with Crippen molar-refractivity contribution in [3.8, 4) is 5.75 Å². The first-order valence-corrected chi connectivity index (χ1v) is 8.49. The SMILES string of the molecule is CCOc1ccc(NS(=O)(=O)Cc2ccc(Cl)cc2)cc1. The van der Waals surface area contributed by atoms with Crippen LogP contribution in [0.15, 0.2) is 48.5 Å². The topological polar surface area (TPSA) is 55.4 Å². The molecule has 0 fully saturated rings. The van der Waals surface area contributed by atoms with Crippen LogP contribution in [0.2, 0.25) is 5.02 Å². The van der Waals surface area contributed by atoms with Gasteiger partial charge in [0, 0.05) is 10.7 Å². The Morgan fingerprint density at radius 3 is 2.24 bits per heavy atom. The summed E-state index contributed by atoms with van der Waals surface area (Å²) in [7, 11) is -3.46. The van der Waals surface area contributed by atoms with Crippen molar-refractivity contribution in [1.82, 2.24) is 0 Å². The van der Waals surface area contributed by atoms with Crippen molar-refractivity contribution in [1.29, 1.82) is 0 Å². The van der Waals surface area contributed by atoms with E-state index < -0.39 is 10.0 Å². The molecule has 2 aromatic carbocycles. The predicted molar refractivity (Wildman–Crippen MR) is 85.3 cm³/mol. The zero-order valence-corrected chi connectivity index (χ0v) is 13.1. The maximum absolute atomic E-state index is 12.1. The second-order valence-electron chi connectivity index (χ2n) is 4.45. The maximum Gasteiger partial charge on any atom is 0.236 e. The summed E-state index contributed by atoms with van der Waals surface area (Å²) in [5.41, 5.74) is 1.19. The number of rotatable bonds is 6. The molecule has 4 nitrogen and oxygen atoms in total. The summed E-state index contributed by atoms with van der Waals surface area (Å²) in [5, 5.41) is 0.579. The number of sulfonamides is 1. The van der Waals surface area contributed by atoms with E-state index >= 15 is 0 Å². The van der Waals surface area contributed by atoms with E-state index in [9.17, 15) is 8.42 Å². The summed E-state index contributed by atoms with van der Waals surface area (Å²) in [6.45, 7) is 2.46. The minimum absolute atomic E-state index is 0.0998. The fraction of sp³-hybridized carbons (Fsp3) is 0.200. The Kier molecular flexibility index (Phi) is 5.09. The summed E-state index contributed by atoms with van der Waals surface area (Å²) >= 11 is 5.78. The normalized spacial score (nSPS) is 11.1. The van der Waals surface area contributed by atoms with Crippen molar-refractivity contribution >= 4 is 27.3 Å². The van der Waals surface area contributed by atoms with Crippen LogP contribution in [0, 0.1) is 0 Å². The van der Waals surface area contributed by atoms with Crippen LogP contribution >= 0.6 is 11.6 Å². The first-order valence-electron chi connectivity index (χ1n) is 6.46. The molecule has 0 saturated carbocycles. The standard InChI is InChI=1S/C15H16ClNO3S/c1-2-20-15-9-7-14(8-10-15)17-21(18,19)11-12-3-5-13(16)6-4-12/h3-10,17H,2,11H2,1H3. The summed E-state index contributed by atoms with van der Waals surface area (Å²) in [4.78, 5) is 0. The molecule has 6 heteroatoms. The molecule has 0 aliphatic heterocycles. The fourth-order valence-electron chi connectivity index (χ4n) is 1.80. The highest BCUT2D eigenvalue weighted by Gasteiger charge is 2.11. The smallest absolute Gasteiger partial charge is 0.236 e. The molecule has 21 heavy (non-hydrogen) atoms. The van der Waals surface area contributed by atoms with Crippen LogP contribution in [0.5, 0.6) is 5.75 Å². The van der Waals surface area contributed by atoms with Gasteiger partial charge >= 0.3 is 0 Å². The number of hydrogen-bond acceptors (Lipinski definition) is 3. The number of benzene rings is 2. The van der Waals surface area contributed by atoms with Crippen molar-refractivity contribution in [2.24, 2.45) is 0 Å². The molecular formula is C15H16ClNO3S. The second kappa shape index (κ2) is 6.83. The van der Waals surface area contributed by atoms with E-state index in [2.05, 4.69) is 4.72 Å². The van der Waals surface area contributed by atoms with E-state index in [0.717, 1.165) is 0 Å². The van der Waals surface area contributed by atoms with E-state index in [-0.39, 0.29) is 5.75 Å². The number of halogens is 1. The van der Waals surface area contributed by atoms with E-state index in [1.807, 2.05) is 6.92 Å². The van der Waals surface area contributed by atoms with E-state index in [1.54, 1.807) is 48.5 Å². The quantitative estimate of drug-likeness (QED) is 0.881. The van der Waals surface area contributed by atoms with E-state index in [0.29, 0.717) is 28.6 Å². The van der Waals surface area contributed by atoms with Crippen LogP contribution in [0.1, 0.15) is 12.5 Å². The van der Waals surface area contributed by atoms with Crippen molar-refractivity contribution in [3.63, 3.8) is 0 Å². The lowest BCUT2D eigenvalue weighted by molar-refractivity contribution is 0.340. The van der Waals surface area contributed by atoms with Crippen molar-refractivity contribution in [3.05, 3.63) is 59.1 Å². The minimum Gasteiger partial charge on any atom is -0.494 e. The van der Waals surface area contributed by atoms with Crippen LogP contribution in [0.4, 0.5) is 5.69 Å². The van der Waals surface area contributed by atoms with Gasteiger partial charge in [-0.3, -0.25) is 4.72 Å². The summed E-state index contributed by atoms with van der Waals surface area (Å²) in [6.07, 6.45) is 0. The molecule has 0 saturated heterocycles. The van der Waals surface area contributed by atoms with Crippen LogP contribution in [0.25, 0.3) is 0 Å². The molecule has 2 aromatic rings. The molecule has 0 amide bonds. The molecule has 2 rings (SSSR count). The molecule has 0 unspecified atom stereocenters. The van der Waals surface area contributed by atoms with E-state index in [1.165, 1.54) is 0 Å². The first-order chi connectivity index (χ1) is 9.98. The highest BCUT2D eigenvalue weighted by molar-refractivity contribution is 7.91. The Morgan fingerprint density at radius 1 is 1.05 bits per heavy atom. The third kappa shape index (κ3) is 4.95. The van der Waals surface area contributed by atoms with Gasteiger partial charge in [0.2, 0.25) is 10.0 Å². The van der Waals surface area contributed by atoms with Gasteiger partial charge in [0.25, 0.3) is 0 Å². The fourth-order valence-corrected chi connectivity index (χ4v) is 3.13. The lowest BCUT2D eigenvalue weighted by Gasteiger charge is -2.09. The van der Waals surface area contributed by atoms with Gasteiger partial charge in [0.15, 0.2) is 0 Å². The van der Waals surface area contributed by atoms with Gasteiger partial charge in [-0.1, -0.05) is 23.7 Å². The molecule has 1 N–H and O–H groups in total. The largest absolute Gasteiger partial charge is 0.494 e. The van der Waals surface area contributed by atoms with Gasteiger partial charge in [-0.25, -0.2) is 8.42 Å². The Labute approximate surface area is 129 Å². The molecule has 0 radical (unpaired) electrons. The van der Waals surface area contributed by atoms with Crippen molar-refractivity contribution in [2.45, 2.75) is 12.7 Å². The third-order valence-corrected chi connectivity index (χ3v) is 4.22. The molecule has 0 heterocycles. The van der Waals surface area contributed by atoms with Crippen molar-refractivity contribution < 1.29 is 13.2 Å². The first kappa shape index (κ1) is 15.7. The lowest BCUT2D eigenvalue weighted by atomic mass is 10.2. The highest BCUT2D eigenvalue weighted by atomic mass is 35.5. The number of ether oxygens (including phenoxy) is 1. The molecule has 112 valence electrons. The highest BCUT2D eigenvalue weighted by Crippen LogP contribution is 2.18. The Balaban J connectivity index is 2.04. The van der Waals surface area contributed by atoms with Gasteiger partial charge in [0.1, 0.15) is 5.75 Å². The molecule has 0 bridgehead atoms. The Hall–Kier alpha value is -1.72. The Morgan fingerprint density at radius 2 is 1.67 bits per heavy atom. The maximum atomic E-state index is 12.1. The van der Waals surface area contributed by atoms with Gasteiger partial charge in [0.05, 0.1) is 12.4 Å². The third-order valence-electron chi connectivity index (χ3n) is 2.71. The second-order valence-corrected chi connectivity index (χ2v) is 6.60. The Bertz CT molecular complexity index is 682. The summed E-state index contributed by atoms with van der Waals surface area (Å²) in [5.74, 6) is 0.607. The lowest BCUT2D eigenvalue weighted by Crippen LogP contribution is -2.15. The summed E-state index contributed by atoms with van der Waals surface area (Å²) < 4.78 is 32.0. The molecule has 0 aliphatic rings. The van der Waals surface area contributed by atoms with Crippen LogP contribution in [-0.4, -0.2) is 15.0 Å². The van der Waals surface area contributed by atoms with Crippen LogP contribution < -0.4 is 9.46 Å². The molecular weight excluding hydrogens is 310 g/mol. The van der Waals surface area contributed by atoms with Crippen molar-refractivity contribution in [2.75, 3.05) is 11.3 Å². The van der Waals surface area contributed by atoms with Gasteiger partial charge in [-0.2, -0.15) is 0 Å². The average molecular weight is 326 g/mol. The number of hydrogen-bond donors (Lipinski definition) is 1. The molecule has 0 spiro atoms. The molecule has 0 atom stereocenters. The summed E-state index contributed by atoms with van der Waals surface area (Å²) in [6, 6.07) is 13.5. The number of anilines is 1. The predicted octanol–water partition coefficient (Wildman–Crippen LogP) is 3.68. The molecule has 0 aliphatic carbocycles. The van der Waals surface area contributed by atoms with Gasteiger partial charge < -0.3 is 4.74 Å². The van der Waals surface area contributed by atoms with E-state index in [4.69, 9.17) is 16.3 Å². The minimum atomic E-state index is -3.46. The monoisotopic (exact) mass is 325 g/mol. The zero-order valence-electron chi connectivity index (χ0n) is 11.5. The zero-order chi connectivity index (χ0) is 15.3. The van der Waals surface area contributed by atoms with Gasteiger partial charge in [-0.15, -0.1) is 0 Å². The molecule has 0 aromatic heterocycles. The number of nitrogens with one attached hydrogen (secondary N) is 1. The average Bonchev–Trinajstić information content (AvgIpc) is 2.43.